The minimum Gasteiger partial charge on any atom is -0.467 e. The maximum atomic E-state index is 12.9. The fourth-order valence-electron chi connectivity index (χ4n) is 2.91. The third kappa shape index (κ3) is 7.86. The Hall–Kier alpha value is -2.62. The molecule has 2 amide bonds. The molecule has 166 valence electrons. The number of rotatable bonds is 9. The highest BCUT2D eigenvalue weighted by molar-refractivity contribution is 14.1. The minimum absolute atomic E-state index is 0.0936. The quantitative estimate of drug-likeness (QED) is 0.377. The summed E-state index contributed by atoms with van der Waals surface area (Å²) in [5.74, 6) is -1.26. The number of ether oxygens (including phenoxy) is 2. The van der Waals surface area contributed by atoms with Crippen LogP contribution < -0.4 is 10.6 Å². The molecule has 2 aromatic carbocycles. The van der Waals surface area contributed by atoms with Crippen LogP contribution in [0.25, 0.3) is 0 Å². The molecule has 2 N–H and O–H groups in total. The molecule has 0 aliphatic carbocycles. The summed E-state index contributed by atoms with van der Waals surface area (Å²) in [5, 5.41) is 5.31. The van der Waals surface area contributed by atoms with Crippen molar-refractivity contribution >= 4 is 40.6 Å². The van der Waals surface area contributed by atoms with Crippen molar-refractivity contribution in [3.8, 4) is 0 Å². The number of methoxy groups -OCH3 is 1. The Bertz CT molecular complexity index is 889. The molecular weight excluding hydrogens is 511 g/mol. The van der Waals surface area contributed by atoms with Gasteiger partial charge in [0.1, 0.15) is 18.7 Å². The van der Waals surface area contributed by atoms with Crippen LogP contribution in [0.4, 0.5) is 4.79 Å². The average Bonchev–Trinajstić information content (AvgIpc) is 2.76. The van der Waals surface area contributed by atoms with E-state index < -0.39 is 30.1 Å². The number of alkyl carbamates (subject to hydrolysis) is 1. The normalized spacial score (nSPS) is 12.5. The molecule has 0 aliphatic heterocycles. The van der Waals surface area contributed by atoms with Gasteiger partial charge in [0.2, 0.25) is 5.91 Å². The summed E-state index contributed by atoms with van der Waals surface area (Å²) >= 11 is 2.18. The van der Waals surface area contributed by atoms with Crippen LogP contribution in [0.5, 0.6) is 0 Å². The monoisotopic (exact) mass is 538 g/mol. The topological polar surface area (TPSA) is 93.7 Å². The molecule has 0 fully saturated rings. The zero-order valence-corrected chi connectivity index (χ0v) is 19.9. The first-order valence-electron chi connectivity index (χ1n) is 9.90. The molecule has 0 saturated carbocycles. The highest BCUT2D eigenvalue weighted by Crippen LogP contribution is 2.14. The maximum absolute atomic E-state index is 12.9. The van der Waals surface area contributed by atoms with E-state index in [9.17, 15) is 14.4 Å². The summed E-state index contributed by atoms with van der Waals surface area (Å²) in [7, 11) is 1.27. The predicted molar refractivity (Wildman–Crippen MR) is 125 cm³/mol. The molecule has 0 saturated heterocycles. The van der Waals surface area contributed by atoms with Crippen molar-refractivity contribution in [1.29, 1.82) is 0 Å². The molecule has 0 bridgehead atoms. The van der Waals surface area contributed by atoms with E-state index in [4.69, 9.17) is 9.47 Å². The van der Waals surface area contributed by atoms with Crippen molar-refractivity contribution in [2.75, 3.05) is 7.11 Å². The lowest BCUT2D eigenvalue weighted by Gasteiger charge is -2.24. The van der Waals surface area contributed by atoms with Crippen molar-refractivity contribution in [2.45, 2.75) is 39.0 Å². The molecule has 7 nitrogen and oxygen atoms in total. The molecule has 0 heterocycles. The van der Waals surface area contributed by atoms with Gasteiger partial charge in [-0.2, -0.15) is 0 Å². The first-order chi connectivity index (χ1) is 14.8. The molecule has 0 unspecified atom stereocenters. The number of nitrogens with one attached hydrogen (secondary N) is 2. The highest BCUT2D eigenvalue weighted by atomic mass is 127. The smallest absolute Gasteiger partial charge is 0.408 e. The minimum atomic E-state index is -0.878. The number of hydrogen-bond acceptors (Lipinski definition) is 5. The van der Waals surface area contributed by atoms with E-state index in [1.165, 1.54) is 7.11 Å². The SMILES string of the molecule is COC(=O)[C@@H](Cc1ccccc1I)NC(=O)[C@@H](NC(=O)OCc1ccccc1)C(C)C. The van der Waals surface area contributed by atoms with Crippen molar-refractivity contribution in [3.63, 3.8) is 0 Å². The summed E-state index contributed by atoms with van der Waals surface area (Å²) in [5.41, 5.74) is 1.75. The second-order valence-electron chi connectivity index (χ2n) is 7.31. The first-order valence-corrected chi connectivity index (χ1v) is 11.0. The molecule has 0 aliphatic rings. The van der Waals surface area contributed by atoms with E-state index in [0.29, 0.717) is 0 Å². The highest BCUT2D eigenvalue weighted by Gasteiger charge is 2.30. The average molecular weight is 538 g/mol. The maximum Gasteiger partial charge on any atom is 0.408 e. The van der Waals surface area contributed by atoms with Gasteiger partial charge in [-0.15, -0.1) is 0 Å². The Morgan fingerprint density at radius 1 is 0.968 bits per heavy atom. The Kier molecular flexibility index (Phi) is 9.77. The number of carbonyl (C=O) groups excluding carboxylic acids is 3. The van der Waals surface area contributed by atoms with Crippen LogP contribution in [0.1, 0.15) is 25.0 Å². The van der Waals surface area contributed by atoms with Gasteiger partial charge in [0.15, 0.2) is 0 Å². The Balaban J connectivity index is 2.03. The van der Waals surface area contributed by atoms with Gasteiger partial charge in [-0.1, -0.05) is 62.4 Å². The molecule has 2 rings (SSSR count). The number of esters is 1. The molecule has 0 spiro atoms. The van der Waals surface area contributed by atoms with E-state index >= 15 is 0 Å². The van der Waals surface area contributed by atoms with Gasteiger partial charge in [-0.05, 0) is 45.7 Å². The van der Waals surface area contributed by atoms with E-state index in [1.54, 1.807) is 13.8 Å². The third-order valence-electron chi connectivity index (χ3n) is 4.62. The van der Waals surface area contributed by atoms with E-state index in [2.05, 4.69) is 33.2 Å². The van der Waals surface area contributed by atoms with E-state index in [-0.39, 0.29) is 18.9 Å². The van der Waals surface area contributed by atoms with Crippen molar-refractivity contribution in [1.82, 2.24) is 10.6 Å². The van der Waals surface area contributed by atoms with Crippen molar-refractivity contribution in [2.24, 2.45) is 5.92 Å². The molecule has 0 radical (unpaired) electrons. The Labute approximate surface area is 196 Å². The number of amides is 2. The van der Waals surface area contributed by atoms with Gasteiger partial charge >= 0.3 is 12.1 Å². The Morgan fingerprint density at radius 2 is 1.61 bits per heavy atom. The van der Waals surface area contributed by atoms with Gasteiger partial charge in [-0.25, -0.2) is 9.59 Å². The van der Waals surface area contributed by atoms with Crippen LogP contribution in [-0.2, 0) is 32.1 Å². The summed E-state index contributed by atoms with van der Waals surface area (Å²) in [4.78, 5) is 37.4. The van der Waals surface area contributed by atoms with E-state index in [1.807, 2.05) is 54.6 Å². The Morgan fingerprint density at radius 3 is 2.23 bits per heavy atom. The largest absolute Gasteiger partial charge is 0.467 e. The molecule has 2 aromatic rings. The number of benzene rings is 2. The molecular formula is C23H27IN2O5. The van der Waals surface area contributed by atoms with E-state index in [0.717, 1.165) is 14.7 Å². The van der Waals surface area contributed by atoms with Crippen LogP contribution in [0.3, 0.4) is 0 Å². The fourth-order valence-corrected chi connectivity index (χ4v) is 3.52. The van der Waals surface area contributed by atoms with Gasteiger partial charge in [0, 0.05) is 9.99 Å². The van der Waals surface area contributed by atoms with Gasteiger partial charge in [0.25, 0.3) is 0 Å². The third-order valence-corrected chi connectivity index (χ3v) is 5.67. The molecule has 31 heavy (non-hydrogen) atoms. The van der Waals surface area contributed by atoms with Crippen molar-refractivity contribution < 1.29 is 23.9 Å². The molecule has 2 atom stereocenters. The van der Waals surface area contributed by atoms with Gasteiger partial charge in [-0.3, -0.25) is 4.79 Å². The number of carbonyl (C=O) groups is 3. The first kappa shape index (κ1) is 24.6. The predicted octanol–water partition coefficient (Wildman–Crippen LogP) is 3.44. The van der Waals surface area contributed by atoms with Crippen molar-refractivity contribution in [3.05, 3.63) is 69.3 Å². The number of halogens is 1. The van der Waals surface area contributed by atoms with Crippen LogP contribution in [0, 0.1) is 9.49 Å². The lowest BCUT2D eigenvalue weighted by molar-refractivity contribution is -0.145. The molecule has 0 aromatic heterocycles. The van der Waals surface area contributed by atoms with Gasteiger partial charge < -0.3 is 20.1 Å². The fraction of sp³-hybridized carbons (Fsp3) is 0.348. The van der Waals surface area contributed by atoms with Gasteiger partial charge in [0.05, 0.1) is 7.11 Å². The zero-order valence-electron chi connectivity index (χ0n) is 17.8. The van der Waals surface area contributed by atoms with Crippen LogP contribution >= 0.6 is 22.6 Å². The lowest BCUT2D eigenvalue weighted by Crippen LogP contribution is -2.54. The molecule has 8 heteroatoms. The summed E-state index contributed by atoms with van der Waals surface area (Å²) < 4.78 is 11.1. The van der Waals surface area contributed by atoms with Crippen LogP contribution in [0.2, 0.25) is 0 Å². The van der Waals surface area contributed by atoms with Crippen LogP contribution in [-0.4, -0.2) is 37.2 Å². The second-order valence-corrected chi connectivity index (χ2v) is 8.47. The lowest BCUT2D eigenvalue weighted by atomic mass is 10.0. The second kappa shape index (κ2) is 12.3. The van der Waals surface area contributed by atoms with Crippen LogP contribution in [0.15, 0.2) is 54.6 Å². The zero-order chi connectivity index (χ0) is 22.8. The standard InChI is InChI=1S/C23H27IN2O5/c1-15(2)20(26-23(29)31-14-16-9-5-4-6-10-16)21(27)25-19(22(28)30-3)13-17-11-7-8-12-18(17)24/h4-12,15,19-20H,13-14H2,1-3H3,(H,25,27)(H,26,29)/t19-,20+/m1/s1. The summed E-state index contributed by atoms with van der Waals surface area (Å²) in [6.45, 7) is 3.69. The summed E-state index contributed by atoms with van der Waals surface area (Å²) in [6.07, 6.45) is -0.425. The number of hydrogen-bond donors (Lipinski definition) is 2. The summed E-state index contributed by atoms with van der Waals surface area (Å²) in [6, 6.07) is 15.1.